The minimum atomic E-state index is -0.517. The molecule has 0 radical (unpaired) electrons. The first-order chi connectivity index (χ1) is 8.56. The SMILES string of the molecule is CC(C)(CCl)C(=O)NCCCOCc1ccco1. The zero-order valence-electron chi connectivity index (χ0n) is 10.9. The number of rotatable bonds is 8. The molecule has 18 heavy (non-hydrogen) atoms. The first-order valence-corrected chi connectivity index (χ1v) is 6.54. The number of carbonyl (C=O) groups is 1. The maximum atomic E-state index is 11.7. The van der Waals surface area contributed by atoms with Crippen LogP contribution in [0.15, 0.2) is 22.8 Å². The van der Waals surface area contributed by atoms with Crippen LogP contribution in [-0.2, 0) is 16.1 Å². The van der Waals surface area contributed by atoms with Crippen molar-refractivity contribution in [3.05, 3.63) is 24.2 Å². The molecule has 1 N–H and O–H groups in total. The average molecular weight is 274 g/mol. The molecule has 0 spiro atoms. The van der Waals surface area contributed by atoms with E-state index < -0.39 is 5.41 Å². The summed E-state index contributed by atoms with van der Waals surface area (Å²) in [6.07, 6.45) is 2.39. The molecule has 102 valence electrons. The van der Waals surface area contributed by atoms with Crippen molar-refractivity contribution in [2.45, 2.75) is 26.9 Å². The van der Waals surface area contributed by atoms with E-state index in [0.29, 0.717) is 25.6 Å². The minimum Gasteiger partial charge on any atom is -0.467 e. The maximum absolute atomic E-state index is 11.7. The Morgan fingerprint density at radius 1 is 1.56 bits per heavy atom. The fraction of sp³-hybridized carbons (Fsp3) is 0.615. The molecule has 1 aromatic heterocycles. The van der Waals surface area contributed by atoms with Crippen LogP contribution in [0.2, 0.25) is 0 Å². The van der Waals surface area contributed by atoms with E-state index in [-0.39, 0.29) is 5.91 Å². The van der Waals surface area contributed by atoms with E-state index in [2.05, 4.69) is 5.32 Å². The van der Waals surface area contributed by atoms with Crippen LogP contribution in [0.3, 0.4) is 0 Å². The number of nitrogens with one attached hydrogen (secondary N) is 1. The third kappa shape index (κ3) is 5.10. The molecule has 0 fully saturated rings. The van der Waals surface area contributed by atoms with Gasteiger partial charge in [-0.25, -0.2) is 0 Å². The summed E-state index contributed by atoms with van der Waals surface area (Å²) < 4.78 is 10.5. The van der Waals surface area contributed by atoms with Gasteiger partial charge in [0.25, 0.3) is 0 Å². The van der Waals surface area contributed by atoms with Gasteiger partial charge in [-0.15, -0.1) is 11.6 Å². The third-order valence-corrected chi connectivity index (χ3v) is 3.19. The van der Waals surface area contributed by atoms with E-state index in [1.165, 1.54) is 0 Å². The molecular formula is C13H20ClNO3. The number of halogens is 1. The molecule has 5 heteroatoms. The van der Waals surface area contributed by atoms with Crippen LogP contribution in [0, 0.1) is 5.41 Å². The van der Waals surface area contributed by atoms with Gasteiger partial charge < -0.3 is 14.5 Å². The van der Waals surface area contributed by atoms with Crippen molar-refractivity contribution in [2.75, 3.05) is 19.0 Å². The van der Waals surface area contributed by atoms with Crippen LogP contribution in [0.1, 0.15) is 26.0 Å². The Labute approximate surface area is 113 Å². The van der Waals surface area contributed by atoms with E-state index in [0.717, 1.165) is 12.2 Å². The van der Waals surface area contributed by atoms with Crippen molar-refractivity contribution < 1.29 is 13.9 Å². The lowest BCUT2D eigenvalue weighted by molar-refractivity contribution is -0.128. The largest absolute Gasteiger partial charge is 0.467 e. The zero-order chi connectivity index (χ0) is 13.4. The predicted molar refractivity (Wildman–Crippen MR) is 70.5 cm³/mol. The monoisotopic (exact) mass is 273 g/mol. The van der Waals surface area contributed by atoms with Crippen molar-refractivity contribution in [3.8, 4) is 0 Å². The lowest BCUT2D eigenvalue weighted by Gasteiger charge is -2.20. The number of carbonyl (C=O) groups excluding carboxylic acids is 1. The molecule has 1 heterocycles. The molecular weight excluding hydrogens is 254 g/mol. The summed E-state index contributed by atoms with van der Waals surface area (Å²) in [5, 5.41) is 2.84. The van der Waals surface area contributed by atoms with Gasteiger partial charge in [-0.2, -0.15) is 0 Å². The molecule has 0 bridgehead atoms. The highest BCUT2D eigenvalue weighted by molar-refractivity contribution is 6.19. The highest BCUT2D eigenvalue weighted by Gasteiger charge is 2.25. The standard InChI is InChI=1S/C13H20ClNO3/c1-13(2,10-14)12(16)15-6-4-7-17-9-11-5-3-8-18-11/h3,5,8H,4,6-7,9-10H2,1-2H3,(H,15,16). The lowest BCUT2D eigenvalue weighted by Crippen LogP contribution is -2.38. The van der Waals surface area contributed by atoms with E-state index in [4.69, 9.17) is 20.8 Å². The Hall–Kier alpha value is -1.00. The lowest BCUT2D eigenvalue weighted by atomic mass is 9.95. The second-order valence-corrected chi connectivity index (χ2v) is 5.03. The molecule has 1 rings (SSSR count). The van der Waals surface area contributed by atoms with Gasteiger partial charge in [-0.1, -0.05) is 0 Å². The van der Waals surface area contributed by atoms with Crippen molar-refractivity contribution in [2.24, 2.45) is 5.41 Å². The van der Waals surface area contributed by atoms with Gasteiger partial charge in [0.05, 0.1) is 11.7 Å². The number of furan rings is 1. The van der Waals surface area contributed by atoms with E-state index in [1.807, 2.05) is 26.0 Å². The van der Waals surface area contributed by atoms with Crippen LogP contribution in [0.25, 0.3) is 0 Å². The van der Waals surface area contributed by atoms with Gasteiger partial charge in [-0.3, -0.25) is 4.79 Å². The molecule has 1 aromatic rings. The number of hydrogen-bond acceptors (Lipinski definition) is 3. The Morgan fingerprint density at radius 2 is 2.33 bits per heavy atom. The number of alkyl halides is 1. The Kier molecular flexibility index (Phi) is 6.22. The van der Waals surface area contributed by atoms with Crippen LogP contribution in [0.5, 0.6) is 0 Å². The fourth-order valence-corrected chi connectivity index (χ4v) is 1.36. The molecule has 0 aliphatic rings. The molecule has 0 aliphatic carbocycles. The van der Waals surface area contributed by atoms with Gasteiger partial charge in [0.1, 0.15) is 12.4 Å². The first-order valence-electron chi connectivity index (χ1n) is 6.00. The number of amides is 1. The number of ether oxygens (including phenoxy) is 1. The van der Waals surface area contributed by atoms with Crippen LogP contribution in [-0.4, -0.2) is 24.9 Å². The van der Waals surface area contributed by atoms with Crippen molar-refractivity contribution in [1.82, 2.24) is 5.32 Å². The molecule has 0 aliphatic heterocycles. The molecule has 1 amide bonds. The predicted octanol–water partition coefficient (Wildman–Crippen LogP) is 2.57. The van der Waals surface area contributed by atoms with Gasteiger partial charge in [-0.05, 0) is 32.4 Å². The molecule has 0 saturated carbocycles. The minimum absolute atomic E-state index is 0.0245. The second-order valence-electron chi connectivity index (χ2n) is 4.76. The van der Waals surface area contributed by atoms with Gasteiger partial charge in [0.2, 0.25) is 5.91 Å². The van der Waals surface area contributed by atoms with E-state index in [1.54, 1.807) is 6.26 Å². The quantitative estimate of drug-likeness (QED) is 0.585. The summed E-state index contributed by atoms with van der Waals surface area (Å²) in [5.74, 6) is 1.10. The topological polar surface area (TPSA) is 51.5 Å². The maximum Gasteiger partial charge on any atom is 0.226 e. The van der Waals surface area contributed by atoms with E-state index in [9.17, 15) is 4.79 Å². The Bertz CT molecular complexity index is 349. The van der Waals surface area contributed by atoms with Crippen molar-refractivity contribution in [1.29, 1.82) is 0 Å². The van der Waals surface area contributed by atoms with Crippen LogP contribution < -0.4 is 5.32 Å². The summed E-state index contributed by atoms with van der Waals surface area (Å²) in [6.45, 7) is 5.29. The molecule has 0 unspecified atom stereocenters. The first kappa shape index (κ1) is 15.1. The zero-order valence-corrected chi connectivity index (χ0v) is 11.6. The summed E-state index contributed by atoms with van der Waals surface area (Å²) in [5.41, 5.74) is -0.517. The Morgan fingerprint density at radius 3 is 2.94 bits per heavy atom. The fourth-order valence-electron chi connectivity index (χ4n) is 1.24. The van der Waals surface area contributed by atoms with Gasteiger partial charge in [0.15, 0.2) is 0 Å². The van der Waals surface area contributed by atoms with Crippen molar-refractivity contribution in [3.63, 3.8) is 0 Å². The number of hydrogen-bond donors (Lipinski definition) is 1. The summed E-state index contributed by atoms with van der Waals surface area (Å²) >= 11 is 5.71. The van der Waals surface area contributed by atoms with Crippen molar-refractivity contribution >= 4 is 17.5 Å². The molecule has 0 aromatic carbocycles. The molecule has 0 atom stereocenters. The van der Waals surface area contributed by atoms with Gasteiger partial charge >= 0.3 is 0 Å². The molecule has 0 saturated heterocycles. The molecule has 4 nitrogen and oxygen atoms in total. The summed E-state index contributed by atoms with van der Waals surface area (Å²) in [6, 6.07) is 3.69. The summed E-state index contributed by atoms with van der Waals surface area (Å²) in [7, 11) is 0. The Balaban J connectivity index is 2.03. The normalized spacial score (nSPS) is 11.5. The van der Waals surface area contributed by atoms with Crippen LogP contribution in [0.4, 0.5) is 0 Å². The van der Waals surface area contributed by atoms with Gasteiger partial charge in [0, 0.05) is 19.0 Å². The second kappa shape index (κ2) is 7.44. The van der Waals surface area contributed by atoms with Crippen LogP contribution >= 0.6 is 11.6 Å². The smallest absolute Gasteiger partial charge is 0.226 e. The summed E-state index contributed by atoms with van der Waals surface area (Å²) in [4.78, 5) is 11.7. The highest BCUT2D eigenvalue weighted by atomic mass is 35.5. The highest BCUT2D eigenvalue weighted by Crippen LogP contribution is 2.16. The third-order valence-electron chi connectivity index (χ3n) is 2.52. The van der Waals surface area contributed by atoms with E-state index >= 15 is 0 Å². The average Bonchev–Trinajstić information content (AvgIpc) is 2.86.